The van der Waals surface area contributed by atoms with Crippen molar-refractivity contribution in [2.45, 2.75) is 23.9 Å². The monoisotopic (exact) mass is 429 g/mol. The van der Waals surface area contributed by atoms with Gasteiger partial charge in [0.2, 0.25) is 11.1 Å². The molecule has 1 aromatic heterocycles. The first-order valence-corrected chi connectivity index (χ1v) is 10.0. The van der Waals surface area contributed by atoms with E-state index in [1.165, 1.54) is 11.8 Å². The van der Waals surface area contributed by atoms with Crippen molar-refractivity contribution in [2.75, 3.05) is 21.3 Å². The average molecular weight is 430 g/mol. The predicted molar refractivity (Wildman–Crippen MR) is 112 cm³/mol. The Balaban J connectivity index is 1.65. The van der Waals surface area contributed by atoms with Gasteiger partial charge in [0.05, 0.1) is 26.6 Å². The van der Waals surface area contributed by atoms with E-state index in [0.29, 0.717) is 34.6 Å². The van der Waals surface area contributed by atoms with Gasteiger partial charge >= 0.3 is 0 Å². The summed E-state index contributed by atoms with van der Waals surface area (Å²) in [5.41, 5.74) is 1.60. The molecule has 10 heteroatoms. The molecule has 158 valence electrons. The Morgan fingerprint density at radius 2 is 1.80 bits per heavy atom. The minimum atomic E-state index is -0.412. The number of ether oxygens (including phenoxy) is 3. The molecule has 1 N–H and O–H groups in total. The molecular weight excluding hydrogens is 406 g/mol. The summed E-state index contributed by atoms with van der Waals surface area (Å²) in [6.45, 7) is 2.16. The number of nitrogens with zero attached hydrogens (tertiary/aromatic N) is 4. The maximum absolute atomic E-state index is 12.6. The van der Waals surface area contributed by atoms with E-state index in [-0.39, 0.29) is 5.91 Å². The summed E-state index contributed by atoms with van der Waals surface area (Å²) in [5.74, 6) is 1.75. The number of rotatable bonds is 9. The number of carbonyl (C=O) groups excluding carboxylic acids is 1. The number of tetrazole rings is 1. The Hall–Kier alpha value is -3.27. The van der Waals surface area contributed by atoms with Crippen LogP contribution in [-0.2, 0) is 11.3 Å². The molecule has 0 spiro atoms. The van der Waals surface area contributed by atoms with E-state index in [4.69, 9.17) is 14.2 Å². The van der Waals surface area contributed by atoms with Crippen LogP contribution in [0.2, 0.25) is 0 Å². The Bertz CT molecular complexity index is 1010. The minimum absolute atomic E-state index is 0.135. The highest BCUT2D eigenvalue weighted by molar-refractivity contribution is 8.00. The van der Waals surface area contributed by atoms with Crippen LogP contribution in [0.25, 0.3) is 5.69 Å². The number of methoxy groups -OCH3 is 3. The molecule has 1 atom stereocenters. The van der Waals surface area contributed by atoms with Crippen LogP contribution in [0.5, 0.6) is 17.2 Å². The lowest BCUT2D eigenvalue weighted by Gasteiger charge is -2.14. The second-order valence-corrected chi connectivity index (χ2v) is 7.52. The molecule has 2 aromatic carbocycles. The number of benzene rings is 2. The van der Waals surface area contributed by atoms with Crippen molar-refractivity contribution in [2.24, 2.45) is 0 Å². The van der Waals surface area contributed by atoms with Crippen molar-refractivity contribution >= 4 is 17.7 Å². The third kappa shape index (κ3) is 4.82. The van der Waals surface area contributed by atoms with Gasteiger partial charge < -0.3 is 19.5 Å². The first-order chi connectivity index (χ1) is 14.6. The Morgan fingerprint density at radius 1 is 1.07 bits per heavy atom. The van der Waals surface area contributed by atoms with Gasteiger partial charge in [-0.25, -0.2) is 0 Å². The van der Waals surface area contributed by atoms with E-state index in [9.17, 15) is 4.79 Å². The second kappa shape index (κ2) is 9.97. The fraction of sp³-hybridized carbons (Fsp3) is 0.300. The normalized spacial score (nSPS) is 11.6. The van der Waals surface area contributed by atoms with Crippen molar-refractivity contribution in [3.8, 4) is 22.9 Å². The molecule has 3 rings (SSSR count). The van der Waals surface area contributed by atoms with Crippen molar-refractivity contribution in [3.05, 3.63) is 48.0 Å². The molecule has 0 fully saturated rings. The lowest BCUT2D eigenvalue weighted by molar-refractivity contribution is -0.120. The molecule has 1 heterocycles. The number of carbonyl (C=O) groups is 1. The molecular formula is C20H23N5O4S. The largest absolute Gasteiger partial charge is 0.494 e. The van der Waals surface area contributed by atoms with Gasteiger partial charge in [0.1, 0.15) is 11.4 Å². The molecule has 0 aliphatic heterocycles. The molecule has 3 aromatic rings. The van der Waals surface area contributed by atoms with Gasteiger partial charge in [-0.3, -0.25) is 4.79 Å². The lowest BCUT2D eigenvalue weighted by Crippen LogP contribution is -2.30. The number of hydrogen-bond donors (Lipinski definition) is 1. The van der Waals surface area contributed by atoms with Crippen molar-refractivity contribution in [1.82, 2.24) is 25.5 Å². The smallest absolute Gasteiger partial charge is 0.233 e. The molecule has 0 radical (unpaired) electrons. The lowest BCUT2D eigenvalue weighted by atomic mass is 10.2. The van der Waals surface area contributed by atoms with Gasteiger partial charge in [0.15, 0.2) is 11.5 Å². The Kier molecular flexibility index (Phi) is 7.12. The van der Waals surface area contributed by atoms with E-state index < -0.39 is 5.25 Å². The number of para-hydroxylation sites is 2. The highest BCUT2D eigenvalue weighted by atomic mass is 32.2. The molecule has 1 amide bonds. The SMILES string of the molecule is COc1ccc(CNC(=O)C(C)Sc2nnnn2-c2ccccc2OC)cc1OC. The Morgan fingerprint density at radius 3 is 2.53 bits per heavy atom. The maximum atomic E-state index is 12.6. The van der Waals surface area contributed by atoms with Crippen molar-refractivity contribution < 1.29 is 19.0 Å². The Labute approximate surface area is 178 Å². The summed E-state index contributed by atoms with van der Waals surface area (Å²) in [5, 5.41) is 14.8. The highest BCUT2D eigenvalue weighted by Gasteiger charge is 2.20. The molecule has 0 saturated carbocycles. The summed E-state index contributed by atoms with van der Waals surface area (Å²) in [6, 6.07) is 12.9. The average Bonchev–Trinajstić information content (AvgIpc) is 3.24. The molecule has 0 saturated heterocycles. The van der Waals surface area contributed by atoms with Crippen LogP contribution in [0.3, 0.4) is 0 Å². The third-order valence-corrected chi connectivity index (χ3v) is 5.35. The summed E-state index contributed by atoms with van der Waals surface area (Å²) in [4.78, 5) is 12.6. The van der Waals surface area contributed by atoms with Gasteiger partial charge in [0, 0.05) is 6.54 Å². The molecule has 0 bridgehead atoms. The number of amides is 1. The highest BCUT2D eigenvalue weighted by Crippen LogP contribution is 2.29. The van der Waals surface area contributed by atoms with Crippen LogP contribution < -0.4 is 19.5 Å². The van der Waals surface area contributed by atoms with Crippen molar-refractivity contribution in [1.29, 1.82) is 0 Å². The maximum Gasteiger partial charge on any atom is 0.233 e. The summed E-state index contributed by atoms with van der Waals surface area (Å²) < 4.78 is 17.5. The van der Waals surface area contributed by atoms with Crippen LogP contribution >= 0.6 is 11.8 Å². The van der Waals surface area contributed by atoms with Gasteiger partial charge in [-0.15, -0.1) is 5.10 Å². The van der Waals surface area contributed by atoms with Crippen LogP contribution in [0.1, 0.15) is 12.5 Å². The first-order valence-electron chi connectivity index (χ1n) is 9.14. The number of nitrogens with one attached hydrogen (secondary N) is 1. The predicted octanol–water partition coefficient (Wildman–Crippen LogP) is 2.49. The molecule has 0 aliphatic rings. The van der Waals surface area contributed by atoms with Gasteiger partial charge in [-0.1, -0.05) is 30.0 Å². The summed E-state index contributed by atoms with van der Waals surface area (Å²) in [7, 11) is 4.74. The van der Waals surface area contributed by atoms with Crippen LogP contribution in [0, 0.1) is 0 Å². The van der Waals surface area contributed by atoms with Crippen LogP contribution in [0.15, 0.2) is 47.6 Å². The summed E-state index contributed by atoms with van der Waals surface area (Å²) >= 11 is 1.26. The number of thioether (sulfide) groups is 1. The fourth-order valence-corrected chi connectivity index (χ4v) is 3.57. The van der Waals surface area contributed by atoms with Gasteiger partial charge in [-0.05, 0) is 47.2 Å². The van der Waals surface area contributed by atoms with Gasteiger partial charge in [0.25, 0.3) is 0 Å². The van der Waals surface area contributed by atoms with E-state index in [0.717, 1.165) is 5.56 Å². The van der Waals surface area contributed by atoms with Gasteiger partial charge in [-0.2, -0.15) is 4.68 Å². The van der Waals surface area contributed by atoms with E-state index in [2.05, 4.69) is 20.8 Å². The third-order valence-electron chi connectivity index (χ3n) is 4.32. The zero-order chi connectivity index (χ0) is 21.5. The standard InChI is InChI=1S/C20H23N5O4S/c1-13(19(26)21-12-14-9-10-17(28-3)18(11-14)29-4)30-20-22-23-24-25(20)15-7-5-6-8-16(15)27-2/h5-11,13H,12H2,1-4H3,(H,21,26). The minimum Gasteiger partial charge on any atom is -0.494 e. The topological polar surface area (TPSA) is 100 Å². The number of hydrogen-bond acceptors (Lipinski definition) is 8. The van der Waals surface area contributed by atoms with E-state index in [1.54, 1.807) is 39.0 Å². The molecule has 0 aliphatic carbocycles. The first kappa shape index (κ1) is 21.4. The summed E-state index contributed by atoms with van der Waals surface area (Å²) in [6.07, 6.45) is 0. The molecule has 9 nitrogen and oxygen atoms in total. The zero-order valence-electron chi connectivity index (χ0n) is 17.2. The van der Waals surface area contributed by atoms with Crippen LogP contribution in [0.4, 0.5) is 0 Å². The van der Waals surface area contributed by atoms with E-state index in [1.807, 2.05) is 36.4 Å². The zero-order valence-corrected chi connectivity index (χ0v) is 18.0. The van der Waals surface area contributed by atoms with E-state index >= 15 is 0 Å². The second-order valence-electron chi connectivity index (χ2n) is 6.21. The number of aromatic nitrogens is 4. The van der Waals surface area contributed by atoms with Crippen molar-refractivity contribution in [3.63, 3.8) is 0 Å². The molecule has 30 heavy (non-hydrogen) atoms. The van der Waals surface area contributed by atoms with Crippen LogP contribution in [-0.4, -0.2) is 52.7 Å². The fourth-order valence-electron chi connectivity index (χ4n) is 2.74. The quantitative estimate of drug-likeness (QED) is 0.518. The molecule has 1 unspecified atom stereocenters.